The van der Waals surface area contributed by atoms with Crippen molar-refractivity contribution in [3.05, 3.63) is 19.7 Å². The van der Waals surface area contributed by atoms with Gasteiger partial charge in [-0.2, -0.15) is 4.21 Å². The van der Waals surface area contributed by atoms with Gasteiger partial charge >= 0.3 is 22.4 Å². The molecule has 0 saturated carbocycles. The molecule has 0 fully saturated rings. The molecule has 0 aromatic rings. The van der Waals surface area contributed by atoms with Crippen LogP contribution in [0.3, 0.4) is 0 Å². The summed E-state index contributed by atoms with van der Waals surface area (Å²) in [7, 11) is 0. The molecule has 11 heavy (non-hydrogen) atoms. The summed E-state index contributed by atoms with van der Waals surface area (Å²) in [6, 6.07) is 0. The van der Waals surface area contributed by atoms with E-state index in [1.807, 2.05) is 0 Å². The van der Waals surface area contributed by atoms with Crippen LogP contribution >= 0.6 is 0 Å². The van der Waals surface area contributed by atoms with Crippen molar-refractivity contribution in [3.63, 3.8) is 0 Å². The van der Waals surface area contributed by atoms with E-state index in [0.717, 1.165) is 0 Å². The van der Waals surface area contributed by atoms with Crippen molar-refractivity contribution in [1.29, 1.82) is 15.8 Å². The van der Waals surface area contributed by atoms with Gasteiger partial charge in [0.1, 0.15) is 0 Å². The Kier molecular flexibility index (Phi) is 353. The van der Waals surface area contributed by atoms with Crippen molar-refractivity contribution >= 4 is 11.4 Å². The zero-order valence-electron chi connectivity index (χ0n) is 4.85. The smallest absolute Gasteiger partial charge is 0.512 e. The topological polar surface area (TPSA) is 129 Å². The van der Waals surface area contributed by atoms with Crippen LogP contribution in [-0.4, -0.2) is 13.3 Å². The van der Waals surface area contributed by atoms with Gasteiger partial charge in [0.15, 0.2) is 0 Å². The second-order valence-corrected chi connectivity index (χ2v) is 0.692. The van der Waals surface area contributed by atoms with Gasteiger partial charge in [-0.25, -0.2) is 0 Å². The SMILES string of the molecule is O=S(O)O.[Au+3].[C-]#N.[C-]#N.[C-]#N. The molecule has 0 atom stereocenters. The summed E-state index contributed by atoms with van der Waals surface area (Å²) in [5, 5.41) is 18.8. The van der Waals surface area contributed by atoms with Crippen LogP contribution in [-0.2, 0) is 33.7 Å². The second kappa shape index (κ2) is 122. The van der Waals surface area contributed by atoms with E-state index in [0.29, 0.717) is 0 Å². The summed E-state index contributed by atoms with van der Waals surface area (Å²) in [5.41, 5.74) is 0. The molecule has 6 nitrogen and oxygen atoms in total. The zero-order valence-corrected chi connectivity index (χ0v) is 7.84. The van der Waals surface area contributed by atoms with Gasteiger partial charge in [-0.3, -0.25) is 9.11 Å². The molecule has 0 heterocycles. The quantitative estimate of drug-likeness (QED) is 0.356. The Bertz CT molecular complexity index is 104. The molecule has 0 radical (unpaired) electrons. The molecule has 2 N–H and O–H groups in total. The van der Waals surface area contributed by atoms with Crippen LogP contribution in [0, 0.1) is 35.5 Å². The summed E-state index contributed by atoms with van der Waals surface area (Å²) in [4.78, 5) is 0. The monoisotopic (exact) mass is 357 g/mol. The first-order chi connectivity index (χ1) is 4.73. The van der Waals surface area contributed by atoms with Gasteiger partial charge in [-0.05, 0) is 0 Å². The zero-order chi connectivity index (χ0) is 9.58. The predicted octanol–water partition coefficient (Wildman–Crippen LogP) is -0.0323. The first-order valence-corrected chi connectivity index (χ1v) is 2.27. The molecule has 64 valence electrons. The van der Waals surface area contributed by atoms with E-state index in [-0.39, 0.29) is 22.4 Å². The molecule has 0 aromatic heterocycles. The number of nitrogens with zero attached hydrogens (tertiary/aromatic N) is 3. The van der Waals surface area contributed by atoms with Crippen LogP contribution in [0.25, 0.3) is 0 Å². The fraction of sp³-hybridized carbons (Fsp3) is 0. The van der Waals surface area contributed by atoms with Crippen LogP contribution in [0.2, 0.25) is 0 Å². The third-order valence-electron chi connectivity index (χ3n) is 0. The van der Waals surface area contributed by atoms with Crippen molar-refractivity contribution in [3.8, 4) is 0 Å². The van der Waals surface area contributed by atoms with E-state index in [1.54, 1.807) is 0 Å². The maximum atomic E-state index is 8.67. The number of hydrogen-bond acceptors (Lipinski definition) is 4. The third-order valence-corrected chi connectivity index (χ3v) is 0. The molecular weight excluding hydrogens is 355 g/mol. The molecule has 0 aliphatic carbocycles. The summed E-state index contributed by atoms with van der Waals surface area (Å²) in [5.74, 6) is 0. The molecule has 0 unspecified atom stereocenters. The van der Waals surface area contributed by atoms with E-state index in [9.17, 15) is 0 Å². The Morgan fingerprint density at radius 3 is 0.909 bits per heavy atom. The Hall–Kier alpha value is -0.720. The van der Waals surface area contributed by atoms with Crippen molar-refractivity contribution in [2.45, 2.75) is 0 Å². The van der Waals surface area contributed by atoms with Gasteiger partial charge in [-0.1, -0.05) is 0 Å². The first-order valence-electron chi connectivity index (χ1n) is 1.20. The van der Waals surface area contributed by atoms with Crippen molar-refractivity contribution in [1.82, 2.24) is 0 Å². The van der Waals surface area contributed by atoms with E-state index in [1.165, 1.54) is 0 Å². The molecule has 0 saturated heterocycles. The molecular formula is C3H2AuN3O3S. The van der Waals surface area contributed by atoms with Gasteiger partial charge in [0.05, 0.1) is 0 Å². The average molecular weight is 357 g/mol. The standard InChI is InChI=1S/3CN.Au.H2O3S/c3*1-2;;1-4(2)3/h;;;;(H2,1,2,3)/q3*-1;+3;. The van der Waals surface area contributed by atoms with E-state index >= 15 is 0 Å². The van der Waals surface area contributed by atoms with Crippen LogP contribution in [0.4, 0.5) is 0 Å². The predicted molar refractivity (Wildman–Crippen MR) is 28.3 cm³/mol. The van der Waals surface area contributed by atoms with E-state index in [2.05, 4.69) is 0 Å². The van der Waals surface area contributed by atoms with Crippen molar-refractivity contribution < 1.29 is 35.7 Å². The largest absolute Gasteiger partial charge is 3.00 e. The summed E-state index contributed by atoms with van der Waals surface area (Å²) in [6.45, 7) is 14.2. The molecule has 8 heteroatoms. The van der Waals surface area contributed by atoms with Gasteiger partial charge in [0.25, 0.3) is 11.4 Å². The minimum atomic E-state index is -2.61. The Morgan fingerprint density at radius 2 is 0.909 bits per heavy atom. The molecule has 0 aromatic carbocycles. The van der Waals surface area contributed by atoms with Crippen LogP contribution < -0.4 is 0 Å². The minimum absolute atomic E-state index is 0. The van der Waals surface area contributed by atoms with Gasteiger partial charge < -0.3 is 35.5 Å². The normalized spacial score (nSPS) is 3.73. The number of hydrogen-bond donors (Lipinski definition) is 2. The van der Waals surface area contributed by atoms with Crippen LogP contribution in [0.15, 0.2) is 0 Å². The van der Waals surface area contributed by atoms with Crippen molar-refractivity contribution in [2.24, 2.45) is 0 Å². The van der Waals surface area contributed by atoms with E-state index in [4.69, 9.17) is 48.8 Å². The molecule has 0 aliphatic rings. The van der Waals surface area contributed by atoms with Gasteiger partial charge in [-0.15, -0.1) is 0 Å². The molecule has 0 aliphatic heterocycles. The molecule has 0 amide bonds. The second-order valence-electron chi connectivity index (χ2n) is 0.231. The minimum Gasteiger partial charge on any atom is -0.512 e. The first kappa shape index (κ1) is 31.8. The fourth-order valence-electron chi connectivity index (χ4n) is 0. The third kappa shape index (κ3) is 950. The maximum absolute atomic E-state index is 8.67. The average Bonchev–Trinajstić information content (AvgIpc) is 1.98. The molecule has 0 rings (SSSR count). The summed E-state index contributed by atoms with van der Waals surface area (Å²) < 4.78 is 22.8. The Morgan fingerprint density at radius 1 is 0.909 bits per heavy atom. The fourth-order valence-corrected chi connectivity index (χ4v) is 0. The van der Waals surface area contributed by atoms with Gasteiger partial charge in [0.2, 0.25) is 0 Å². The Labute approximate surface area is 82.7 Å². The van der Waals surface area contributed by atoms with E-state index < -0.39 is 11.4 Å². The summed E-state index contributed by atoms with van der Waals surface area (Å²) in [6.07, 6.45) is 0. The van der Waals surface area contributed by atoms with Crippen LogP contribution in [0.5, 0.6) is 0 Å². The maximum Gasteiger partial charge on any atom is 3.00 e. The molecule has 0 spiro atoms. The summed E-state index contributed by atoms with van der Waals surface area (Å²) >= 11 is -2.61. The Balaban J connectivity index is -0.0000000152. The van der Waals surface area contributed by atoms with Crippen molar-refractivity contribution in [2.75, 3.05) is 0 Å². The van der Waals surface area contributed by atoms with Crippen LogP contribution in [0.1, 0.15) is 0 Å². The van der Waals surface area contributed by atoms with Gasteiger partial charge in [0, 0.05) is 0 Å². The molecule has 0 bridgehead atoms. The number of rotatable bonds is 0.